The number of para-hydroxylation sites is 1. The third-order valence-corrected chi connectivity index (χ3v) is 1.78. The van der Waals surface area contributed by atoms with Gasteiger partial charge < -0.3 is 0 Å². The minimum atomic E-state index is -0.434. The zero-order valence-electron chi connectivity index (χ0n) is 6.25. The van der Waals surface area contributed by atoms with E-state index in [1.165, 1.54) is 18.3 Å². The first-order valence-electron chi connectivity index (χ1n) is 3.63. The van der Waals surface area contributed by atoms with Crippen molar-refractivity contribution < 1.29 is 9.18 Å². The SMILES string of the molecule is O=C1CC=Nc2c(F)cccc21. The van der Waals surface area contributed by atoms with Crippen LogP contribution >= 0.6 is 0 Å². The van der Waals surface area contributed by atoms with Crippen LogP contribution in [0.15, 0.2) is 23.2 Å². The minimum absolute atomic E-state index is 0.0699. The Kier molecular flexibility index (Phi) is 1.50. The van der Waals surface area contributed by atoms with Gasteiger partial charge in [-0.15, -0.1) is 0 Å². The van der Waals surface area contributed by atoms with Gasteiger partial charge in [0.1, 0.15) is 11.5 Å². The first kappa shape index (κ1) is 7.16. The molecule has 12 heavy (non-hydrogen) atoms. The number of fused-ring (bicyclic) bond motifs is 1. The molecular formula is C9H6FNO. The van der Waals surface area contributed by atoms with Gasteiger partial charge in [-0.05, 0) is 12.1 Å². The Morgan fingerprint density at radius 2 is 2.25 bits per heavy atom. The Morgan fingerprint density at radius 1 is 1.42 bits per heavy atom. The fraction of sp³-hybridized carbons (Fsp3) is 0.111. The van der Waals surface area contributed by atoms with E-state index in [0.717, 1.165) is 0 Å². The monoisotopic (exact) mass is 163 g/mol. The van der Waals surface area contributed by atoms with Gasteiger partial charge in [0.15, 0.2) is 5.78 Å². The van der Waals surface area contributed by atoms with Crippen molar-refractivity contribution in [3.05, 3.63) is 29.6 Å². The van der Waals surface area contributed by atoms with E-state index in [9.17, 15) is 9.18 Å². The van der Waals surface area contributed by atoms with Crippen LogP contribution in [-0.4, -0.2) is 12.0 Å². The molecule has 0 atom stereocenters. The molecule has 0 aliphatic carbocycles. The largest absolute Gasteiger partial charge is 0.294 e. The summed E-state index contributed by atoms with van der Waals surface area (Å²) in [6.45, 7) is 0. The molecule has 2 nitrogen and oxygen atoms in total. The van der Waals surface area contributed by atoms with E-state index in [1.807, 2.05) is 0 Å². The molecular weight excluding hydrogens is 157 g/mol. The fourth-order valence-corrected chi connectivity index (χ4v) is 1.20. The van der Waals surface area contributed by atoms with E-state index >= 15 is 0 Å². The van der Waals surface area contributed by atoms with Gasteiger partial charge in [0.25, 0.3) is 0 Å². The van der Waals surface area contributed by atoms with Gasteiger partial charge in [-0.2, -0.15) is 0 Å². The second kappa shape index (κ2) is 2.52. The second-order valence-electron chi connectivity index (χ2n) is 2.57. The zero-order chi connectivity index (χ0) is 8.55. The molecule has 0 saturated heterocycles. The van der Waals surface area contributed by atoms with Crippen LogP contribution in [-0.2, 0) is 0 Å². The average molecular weight is 163 g/mol. The van der Waals surface area contributed by atoms with Crippen LogP contribution in [0, 0.1) is 5.82 Å². The van der Waals surface area contributed by atoms with E-state index in [4.69, 9.17) is 0 Å². The highest BCUT2D eigenvalue weighted by atomic mass is 19.1. The number of rotatable bonds is 0. The molecule has 0 bridgehead atoms. The highest BCUT2D eigenvalue weighted by Crippen LogP contribution is 2.26. The molecule has 0 radical (unpaired) electrons. The van der Waals surface area contributed by atoms with E-state index in [0.29, 0.717) is 5.56 Å². The molecule has 0 spiro atoms. The Bertz CT molecular complexity index is 371. The number of aliphatic imine (C=N–C) groups is 1. The quantitative estimate of drug-likeness (QED) is 0.576. The van der Waals surface area contributed by atoms with Gasteiger partial charge in [0, 0.05) is 18.2 Å². The lowest BCUT2D eigenvalue weighted by molar-refractivity contribution is 0.100. The van der Waals surface area contributed by atoms with Crippen molar-refractivity contribution in [3.8, 4) is 0 Å². The van der Waals surface area contributed by atoms with Crippen LogP contribution in [0.2, 0.25) is 0 Å². The standard InChI is InChI=1S/C9H6FNO/c10-7-3-1-2-6-8(12)4-5-11-9(6)7/h1-3,5H,4H2. The van der Waals surface area contributed by atoms with E-state index in [1.54, 1.807) is 6.07 Å². The van der Waals surface area contributed by atoms with Crippen LogP contribution in [0.5, 0.6) is 0 Å². The second-order valence-corrected chi connectivity index (χ2v) is 2.57. The zero-order valence-corrected chi connectivity index (χ0v) is 6.25. The molecule has 0 N–H and O–H groups in total. The van der Waals surface area contributed by atoms with Crippen molar-refractivity contribution in [1.29, 1.82) is 0 Å². The first-order valence-corrected chi connectivity index (χ1v) is 3.63. The van der Waals surface area contributed by atoms with E-state index in [2.05, 4.69) is 4.99 Å². The minimum Gasteiger partial charge on any atom is -0.294 e. The number of halogens is 1. The maximum Gasteiger partial charge on any atom is 0.170 e. The molecule has 0 unspecified atom stereocenters. The fourth-order valence-electron chi connectivity index (χ4n) is 1.20. The number of hydrogen-bond acceptors (Lipinski definition) is 2. The summed E-state index contributed by atoms with van der Waals surface area (Å²) >= 11 is 0. The molecule has 1 aliphatic heterocycles. The lowest BCUT2D eigenvalue weighted by Crippen LogP contribution is -2.05. The molecule has 1 aromatic rings. The van der Waals surface area contributed by atoms with Crippen LogP contribution in [0.4, 0.5) is 10.1 Å². The van der Waals surface area contributed by atoms with Crippen molar-refractivity contribution in [3.63, 3.8) is 0 Å². The molecule has 60 valence electrons. The lowest BCUT2D eigenvalue weighted by Gasteiger charge is -2.07. The molecule has 0 amide bonds. The Balaban J connectivity index is 2.69. The van der Waals surface area contributed by atoms with Crippen molar-refractivity contribution in [2.24, 2.45) is 4.99 Å². The lowest BCUT2D eigenvalue weighted by atomic mass is 10.0. The summed E-state index contributed by atoms with van der Waals surface area (Å²) in [5.41, 5.74) is 0.561. The predicted octanol–water partition coefficient (Wildman–Crippen LogP) is 2.11. The summed E-state index contributed by atoms with van der Waals surface area (Å²) in [7, 11) is 0. The van der Waals surface area contributed by atoms with Gasteiger partial charge in [-0.1, -0.05) is 6.07 Å². The number of ketones is 1. The molecule has 3 heteroatoms. The van der Waals surface area contributed by atoms with Gasteiger partial charge in [-0.3, -0.25) is 9.79 Å². The van der Waals surface area contributed by atoms with Gasteiger partial charge in [-0.25, -0.2) is 4.39 Å². The number of benzene rings is 1. The highest BCUT2D eigenvalue weighted by Gasteiger charge is 2.16. The van der Waals surface area contributed by atoms with Crippen LogP contribution in [0.3, 0.4) is 0 Å². The van der Waals surface area contributed by atoms with E-state index in [-0.39, 0.29) is 17.9 Å². The summed E-state index contributed by atoms with van der Waals surface area (Å²) < 4.78 is 13.0. The Morgan fingerprint density at radius 3 is 3.00 bits per heavy atom. The molecule has 1 aliphatic rings. The summed E-state index contributed by atoms with van der Waals surface area (Å²) in [5, 5.41) is 0. The third kappa shape index (κ3) is 0.942. The molecule has 0 fully saturated rings. The Labute approximate surface area is 68.7 Å². The summed E-state index contributed by atoms with van der Waals surface area (Å²) in [4.78, 5) is 15.0. The smallest absolute Gasteiger partial charge is 0.170 e. The van der Waals surface area contributed by atoms with Crippen molar-refractivity contribution in [2.75, 3.05) is 0 Å². The van der Waals surface area contributed by atoms with Gasteiger partial charge in [0.2, 0.25) is 0 Å². The van der Waals surface area contributed by atoms with Crippen LogP contribution in [0.25, 0.3) is 0 Å². The highest BCUT2D eigenvalue weighted by molar-refractivity contribution is 6.09. The van der Waals surface area contributed by atoms with Crippen molar-refractivity contribution in [2.45, 2.75) is 6.42 Å². The van der Waals surface area contributed by atoms with Crippen molar-refractivity contribution in [1.82, 2.24) is 0 Å². The number of hydrogen-bond donors (Lipinski definition) is 0. The van der Waals surface area contributed by atoms with Crippen LogP contribution in [0.1, 0.15) is 16.8 Å². The maximum absolute atomic E-state index is 13.0. The van der Waals surface area contributed by atoms with Gasteiger partial charge >= 0.3 is 0 Å². The predicted molar refractivity (Wildman–Crippen MR) is 43.5 cm³/mol. The van der Waals surface area contributed by atoms with Crippen molar-refractivity contribution >= 4 is 17.7 Å². The molecule has 0 aromatic heterocycles. The average Bonchev–Trinajstić information content (AvgIpc) is 2.07. The van der Waals surface area contributed by atoms with Gasteiger partial charge in [0.05, 0.1) is 0 Å². The third-order valence-electron chi connectivity index (χ3n) is 1.78. The molecule has 1 aromatic carbocycles. The van der Waals surface area contributed by atoms with Crippen LogP contribution < -0.4 is 0 Å². The number of nitrogens with zero attached hydrogens (tertiary/aromatic N) is 1. The summed E-state index contributed by atoms with van der Waals surface area (Å²) in [6, 6.07) is 4.42. The number of carbonyl (C=O) groups excluding carboxylic acids is 1. The normalized spacial score (nSPS) is 14.6. The summed E-state index contributed by atoms with van der Waals surface area (Å²) in [5.74, 6) is -0.503. The number of Topliss-reactive ketones (excluding diaryl/α,β-unsaturated/α-hetero) is 1. The van der Waals surface area contributed by atoms with E-state index < -0.39 is 5.82 Å². The first-order chi connectivity index (χ1) is 5.79. The maximum atomic E-state index is 13.0. The molecule has 0 saturated carbocycles. The topological polar surface area (TPSA) is 29.4 Å². The number of carbonyl (C=O) groups is 1. The molecule has 2 rings (SSSR count). The summed E-state index contributed by atoms with van der Waals surface area (Å²) in [6.07, 6.45) is 1.71. The molecule has 1 heterocycles. The Hall–Kier alpha value is -1.51.